The van der Waals surface area contributed by atoms with E-state index < -0.39 is 90.2 Å². The monoisotopic (exact) mass is 755 g/mol. The average Bonchev–Trinajstić information content (AvgIpc) is 3.06. The van der Waals surface area contributed by atoms with Gasteiger partial charge in [-0.2, -0.15) is 11.8 Å². The van der Waals surface area contributed by atoms with Crippen molar-refractivity contribution in [1.29, 1.82) is 0 Å². The summed E-state index contributed by atoms with van der Waals surface area (Å²) in [5.74, 6) is -6.33. The summed E-state index contributed by atoms with van der Waals surface area (Å²) in [6.07, 6.45) is 1.09. The van der Waals surface area contributed by atoms with Crippen molar-refractivity contribution in [1.82, 2.24) is 21.3 Å². The first-order valence-electron chi connectivity index (χ1n) is 17.2. The number of nitrogens with two attached hydrogens (primary N) is 1. The van der Waals surface area contributed by atoms with Crippen LogP contribution in [0, 0.1) is 11.8 Å². The predicted molar refractivity (Wildman–Crippen MR) is 196 cm³/mol. The van der Waals surface area contributed by atoms with Gasteiger partial charge in [-0.15, -0.1) is 0 Å². The van der Waals surface area contributed by atoms with Crippen LogP contribution in [0.25, 0.3) is 0 Å². The molecule has 10 N–H and O–H groups in total. The molecular formula is C35H57N5O11S. The largest absolute Gasteiger partial charge is 0.481 e. The minimum absolute atomic E-state index is 0.0283. The summed E-state index contributed by atoms with van der Waals surface area (Å²) in [6, 6.07) is 3.42. The Bertz CT molecular complexity index is 1300. The van der Waals surface area contributed by atoms with Gasteiger partial charge in [-0.1, -0.05) is 58.0 Å². The molecule has 1 aromatic rings. The van der Waals surface area contributed by atoms with Gasteiger partial charge in [0.25, 0.3) is 0 Å². The van der Waals surface area contributed by atoms with Crippen molar-refractivity contribution in [2.24, 2.45) is 17.6 Å². The van der Waals surface area contributed by atoms with Crippen LogP contribution >= 0.6 is 11.8 Å². The Morgan fingerprint density at radius 1 is 0.731 bits per heavy atom. The van der Waals surface area contributed by atoms with Gasteiger partial charge in [-0.3, -0.25) is 28.8 Å². The molecule has 0 heterocycles. The van der Waals surface area contributed by atoms with Crippen LogP contribution < -0.4 is 27.0 Å². The number of carbonyl (C=O) groups excluding carboxylic acids is 4. The molecule has 294 valence electrons. The number of benzene rings is 1. The maximum absolute atomic E-state index is 13.2. The number of carbonyl (C=O) groups is 7. The molecular weight excluding hydrogens is 698 g/mol. The highest BCUT2D eigenvalue weighted by molar-refractivity contribution is 7.98. The first-order valence-corrected chi connectivity index (χ1v) is 18.6. The average molecular weight is 756 g/mol. The number of aliphatic carboxylic acids is 3. The van der Waals surface area contributed by atoms with Gasteiger partial charge in [-0.25, -0.2) is 4.79 Å². The number of amides is 4. The quantitative estimate of drug-likeness (QED) is 0.0759. The van der Waals surface area contributed by atoms with Crippen LogP contribution in [0.3, 0.4) is 0 Å². The van der Waals surface area contributed by atoms with Gasteiger partial charge in [0.05, 0.1) is 18.2 Å². The van der Waals surface area contributed by atoms with Crippen LogP contribution in [0.2, 0.25) is 0 Å². The standard InChI is InChI=1S/C31H49N5O9S.C4H8O2/c1-17(2)26(36-30(43)22(13-14-46-5)34-28(41)19(4)32)24(37)15-18(3)27(40)33-21(11-12-25(38)39)29(42)35-23(31(44)45)16-20-9-7-6-8-10-20;1-2-3-4(5)6/h6-10,17-19,21-24,26,37H,11-16,32H2,1-5H3,(H,33,40)(H,34,41)(H,35,42)(H,36,43)(H,38,39)(H,44,45);2-3H2,1H3,(H,5,6)/t18-,19?,21+,22+,23+,24+,26?;/m1./s1. The third-order valence-electron chi connectivity index (χ3n) is 7.78. The van der Waals surface area contributed by atoms with E-state index in [9.17, 15) is 48.9 Å². The molecule has 17 heteroatoms. The predicted octanol–water partition coefficient (Wildman–Crippen LogP) is 1.13. The fraction of sp³-hybridized carbons (Fsp3) is 0.629. The second kappa shape index (κ2) is 25.7. The molecule has 4 amide bonds. The van der Waals surface area contributed by atoms with Crippen LogP contribution in [0.5, 0.6) is 0 Å². The van der Waals surface area contributed by atoms with Crippen molar-refractivity contribution >= 4 is 53.3 Å². The molecule has 1 aromatic carbocycles. The van der Waals surface area contributed by atoms with Crippen molar-refractivity contribution in [3.63, 3.8) is 0 Å². The Morgan fingerprint density at radius 2 is 1.25 bits per heavy atom. The van der Waals surface area contributed by atoms with Crippen molar-refractivity contribution in [2.45, 2.75) is 116 Å². The molecule has 0 aliphatic rings. The molecule has 52 heavy (non-hydrogen) atoms. The number of nitrogens with one attached hydrogen (secondary N) is 4. The molecule has 0 fully saturated rings. The molecule has 7 atom stereocenters. The molecule has 0 aromatic heterocycles. The molecule has 16 nitrogen and oxygen atoms in total. The van der Waals surface area contributed by atoms with Gasteiger partial charge in [-0.05, 0) is 56.1 Å². The van der Waals surface area contributed by atoms with Gasteiger partial charge in [0.1, 0.15) is 18.1 Å². The van der Waals surface area contributed by atoms with Gasteiger partial charge < -0.3 is 47.4 Å². The molecule has 0 bridgehead atoms. The van der Waals surface area contributed by atoms with Crippen LogP contribution in [-0.2, 0) is 40.0 Å². The van der Waals surface area contributed by atoms with Gasteiger partial charge in [0, 0.05) is 25.2 Å². The second-order valence-corrected chi connectivity index (χ2v) is 13.8. The summed E-state index contributed by atoms with van der Waals surface area (Å²) < 4.78 is 0. The summed E-state index contributed by atoms with van der Waals surface area (Å²) in [5, 5.41) is 48.2. The van der Waals surface area contributed by atoms with Crippen LogP contribution in [0.15, 0.2) is 30.3 Å². The smallest absolute Gasteiger partial charge is 0.326 e. The highest BCUT2D eigenvalue weighted by Gasteiger charge is 2.33. The van der Waals surface area contributed by atoms with Crippen LogP contribution in [0.1, 0.15) is 78.7 Å². The zero-order valence-corrected chi connectivity index (χ0v) is 31.6. The Morgan fingerprint density at radius 3 is 1.71 bits per heavy atom. The lowest BCUT2D eigenvalue weighted by molar-refractivity contribution is -0.143. The molecule has 2 unspecified atom stereocenters. The van der Waals surface area contributed by atoms with Crippen molar-refractivity contribution < 1.29 is 54.0 Å². The van der Waals surface area contributed by atoms with Gasteiger partial charge in [0.2, 0.25) is 23.6 Å². The van der Waals surface area contributed by atoms with E-state index in [1.54, 1.807) is 44.2 Å². The number of carboxylic acid groups (broad SMARTS) is 3. The van der Waals surface area contributed by atoms with E-state index in [0.717, 1.165) is 6.42 Å². The number of aliphatic hydroxyl groups is 1. The molecule has 0 spiro atoms. The summed E-state index contributed by atoms with van der Waals surface area (Å²) in [6.45, 7) is 8.39. The van der Waals surface area contributed by atoms with Crippen LogP contribution in [-0.4, -0.2) is 110 Å². The Hall–Kier alpha value is -4.22. The van der Waals surface area contributed by atoms with E-state index >= 15 is 0 Å². The number of aliphatic hydroxyl groups excluding tert-OH is 1. The third-order valence-corrected chi connectivity index (χ3v) is 8.43. The van der Waals surface area contributed by atoms with E-state index in [1.165, 1.54) is 25.6 Å². The maximum Gasteiger partial charge on any atom is 0.326 e. The Balaban J connectivity index is 0.00000397. The lowest BCUT2D eigenvalue weighted by atomic mass is 9.91. The number of rotatable bonds is 23. The van der Waals surface area contributed by atoms with E-state index in [0.29, 0.717) is 24.2 Å². The van der Waals surface area contributed by atoms with E-state index in [2.05, 4.69) is 21.3 Å². The fourth-order valence-corrected chi connectivity index (χ4v) is 5.25. The lowest BCUT2D eigenvalue weighted by Gasteiger charge is -2.31. The maximum atomic E-state index is 13.2. The highest BCUT2D eigenvalue weighted by Crippen LogP contribution is 2.17. The lowest BCUT2D eigenvalue weighted by Crippen LogP contribution is -2.56. The first-order chi connectivity index (χ1) is 24.3. The zero-order chi connectivity index (χ0) is 40.0. The molecule has 0 saturated carbocycles. The van der Waals surface area contributed by atoms with Crippen molar-refractivity contribution in [2.75, 3.05) is 12.0 Å². The zero-order valence-electron chi connectivity index (χ0n) is 30.8. The molecule has 0 radical (unpaired) electrons. The molecule has 0 saturated heterocycles. The summed E-state index contributed by atoms with van der Waals surface area (Å²) >= 11 is 1.50. The van der Waals surface area contributed by atoms with Crippen molar-refractivity contribution in [3.8, 4) is 0 Å². The summed E-state index contributed by atoms with van der Waals surface area (Å²) in [4.78, 5) is 84.3. The summed E-state index contributed by atoms with van der Waals surface area (Å²) in [5.41, 5.74) is 6.30. The second-order valence-electron chi connectivity index (χ2n) is 12.8. The number of hydrogen-bond acceptors (Lipinski definition) is 10. The normalized spacial score (nSPS) is 14.9. The van der Waals surface area contributed by atoms with Crippen molar-refractivity contribution in [3.05, 3.63) is 35.9 Å². The van der Waals surface area contributed by atoms with Gasteiger partial charge in [0.15, 0.2) is 0 Å². The molecule has 0 aliphatic carbocycles. The minimum Gasteiger partial charge on any atom is -0.481 e. The molecule has 1 rings (SSSR count). The van der Waals surface area contributed by atoms with E-state index in [4.69, 9.17) is 10.8 Å². The third kappa shape index (κ3) is 20.0. The Kier molecular flexibility index (Phi) is 23.6. The van der Waals surface area contributed by atoms with Crippen LogP contribution in [0.4, 0.5) is 0 Å². The number of thioether (sulfide) groups is 1. The highest BCUT2D eigenvalue weighted by atomic mass is 32.2. The van der Waals surface area contributed by atoms with E-state index in [1.807, 2.05) is 13.2 Å². The fourth-order valence-electron chi connectivity index (χ4n) is 4.78. The summed E-state index contributed by atoms with van der Waals surface area (Å²) in [7, 11) is 0. The Labute approximate surface area is 309 Å². The number of hydrogen-bond donors (Lipinski definition) is 9. The first kappa shape index (κ1) is 47.8. The van der Waals surface area contributed by atoms with E-state index in [-0.39, 0.29) is 25.2 Å². The molecule has 0 aliphatic heterocycles. The topological polar surface area (TPSA) is 275 Å². The van der Waals surface area contributed by atoms with Gasteiger partial charge >= 0.3 is 17.9 Å². The number of carboxylic acids is 3. The minimum atomic E-state index is -1.35. The SMILES string of the molecule is CCCC(=O)O.CSCC[C@H](NC(=O)C(C)N)C(=O)NC(C(C)C)[C@@H](O)C[C@@H](C)C(=O)N[C@@H](CCC(=O)O)C(=O)N[C@@H](Cc1ccccc1)C(=O)O.